The minimum absolute atomic E-state index is 0.0641. The third-order valence-corrected chi connectivity index (χ3v) is 2.93. The van der Waals surface area contributed by atoms with Crippen LogP contribution in [-0.4, -0.2) is 34.1 Å². The van der Waals surface area contributed by atoms with Crippen LogP contribution in [0.4, 0.5) is 0 Å². The molecule has 1 saturated carbocycles. The number of ether oxygens (including phenoxy) is 4. The predicted molar refractivity (Wildman–Crippen MR) is 76.4 cm³/mol. The molecule has 2 rings (SSSR count). The summed E-state index contributed by atoms with van der Waals surface area (Å²) in [5.41, 5.74) is 0.899. The van der Waals surface area contributed by atoms with Crippen molar-refractivity contribution in [3.63, 3.8) is 0 Å². The molecule has 1 aromatic rings. The van der Waals surface area contributed by atoms with E-state index in [9.17, 15) is 4.79 Å². The van der Waals surface area contributed by atoms with Crippen LogP contribution >= 0.6 is 0 Å². The highest BCUT2D eigenvalue weighted by atomic mass is 16.7. The Balaban J connectivity index is 2.36. The highest BCUT2D eigenvalue weighted by Gasteiger charge is 2.19. The Morgan fingerprint density at radius 1 is 1.14 bits per heavy atom. The largest absolute Gasteiger partial charge is 0.467 e. The number of benzene rings is 1. The number of methoxy groups -OCH3 is 2. The zero-order valence-electron chi connectivity index (χ0n) is 12.2. The van der Waals surface area contributed by atoms with Crippen molar-refractivity contribution in [1.82, 2.24) is 0 Å². The topological polar surface area (TPSA) is 54.0 Å². The second-order valence-corrected chi connectivity index (χ2v) is 4.61. The Bertz CT molecular complexity index is 552. The molecule has 0 bridgehead atoms. The average Bonchev–Trinajstić information content (AvgIpc) is 3.33. The van der Waals surface area contributed by atoms with Crippen molar-refractivity contribution in [2.45, 2.75) is 12.8 Å². The zero-order valence-corrected chi connectivity index (χ0v) is 12.2. The maximum absolute atomic E-state index is 11.4. The van der Waals surface area contributed by atoms with Crippen molar-refractivity contribution in [1.29, 1.82) is 0 Å². The number of hydrogen-bond acceptors (Lipinski definition) is 5. The first-order chi connectivity index (χ1) is 10.3. The quantitative estimate of drug-likeness (QED) is 0.438. The molecule has 1 aliphatic rings. The molecule has 112 valence electrons. The third-order valence-electron chi connectivity index (χ3n) is 2.93. The fourth-order valence-corrected chi connectivity index (χ4v) is 1.72. The van der Waals surface area contributed by atoms with Crippen LogP contribution in [-0.2, 0) is 9.47 Å². The molecule has 0 aliphatic heterocycles. The van der Waals surface area contributed by atoms with Crippen molar-refractivity contribution in [2.24, 2.45) is 5.92 Å². The summed E-state index contributed by atoms with van der Waals surface area (Å²) in [6.45, 7) is 0.156. The lowest BCUT2D eigenvalue weighted by Crippen LogP contribution is -2.06. The molecule has 0 amide bonds. The van der Waals surface area contributed by atoms with Crippen LogP contribution in [0.1, 0.15) is 28.8 Å². The van der Waals surface area contributed by atoms with Crippen molar-refractivity contribution >= 4 is 6.29 Å². The molecule has 1 aliphatic carbocycles. The van der Waals surface area contributed by atoms with E-state index in [-0.39, 0.29) is 13.6 Å². The van der Waals surface area contributed by atoms with Crippen LogP contribution in [0, 0.1) is 17.8 Å². The molecule has 21 heavy (non-hydrogen) atoms. The lowest BCUT2D eigenvalue weighted by atomic mass is 10.1. The molecule has 0 atom stereocenters. The Morgan fingerprint density at radius 3 is 2.33 bits per heavy atom. The van der Waals surface area contributed by atoms with Crippen LogP contribution in [0.3, 0.4) is 0 Å². The zero-order chi connectivity index (χ0) is 15.1. The van der Waals surface area contributed by atoms with Crippen LogP contribution in [0.25, 0.3) is 0 Å². The van der Waals surface area contributed by atoms with E-state index in [4.69, 9.17) is 18.9 Å². The first-order valence-electron chi connectivity index (χ1n) is 6.67. The summed E-state index contributed by atoms with van der Waals surface area (Å²) in [6.07, 6.45) is 2.94. The van der Waals surface area contributed by atoms with Gasteiger partial charge in [-0.25, -0.2) is 0 Å². The first-order valence-corrected chi connectivity index (χ1v) is 6.67. The summed E-state index contributed by atoms with van der Waals surface area (Å²) < 4.78 is 20.6. The van der Waals surface area contributed by atoms with Crippen molar-refractivity contribution < 1.29 is 23.7 Å². The second-order valence-electron chi connectivity index (χ2n) is 4.61. The standard InChI is InChI=1S/C16H18O5/c1-18-10-20-15-7-8-16(21-11-19-2)14(9-17)13(15)6-5-12-3-4-12/h7-9,12H,3-4,10-11H2,1-2H3. The van der Waals surface area contributed by atoms with E-state index in [0.29, 0.717) is 28.5 Å². The van der Waals surface area contributed by atoms with Gasteiger partial charge in [0.25, 0.3) is 0 Å². The van der Waals surface area contributed by atoms with Gasteiger partial charge in [-0.05, 0) is 25.0 Å². The number of aldehydes is 1. The Morgan fingerprint density at radius 2 is 1.76 bits per heavy atom. The van der Waals surface area contributed by atoms with Gasteiger partial charge in [0.1, 0.15) is 11.5 Å². The van der Waals surface area contributed by atoms with E-state index < -0.39 is 0 Å². The number of hydrogen-bond donors (Lipinski definition) is 0. The summed E-state index contributed by atoms with van der Waals surface area (Å²) in [6, 6.07) is 3.38. The van der Waals surface area contributed by atoms with Gasteiger partial charge >= 0.3 is 0 Å². The highest BCUT2D eigenvalue weighted by Crippen LogP contribution is 2.31. The molecule has 1 aromatic carbocycles. The monoisotopic (exact) mass is 290 g/mol. The van der Waals surface area contributed by atoms with E-state index in [1.54, 1.807) is 12.1 Å². The molecule has 0 unspecified atom stereocenters. The third kappa shape index (κ3) is 4.22. The van der Waals surface area contributed by atoms with Crippen LogP contribution in [0.15, 0.2) is 12.1 Å². The van der Waals surface area contributed by atoms with Crippen LogP contribution < -0.4 is 9.47 Å². The molecular formula is C16H18O5. The Hall–Kier alpha value is -2.03. The summed E-state index contributed by atoms with van der Waals surface area (Å²) in [5.74, 6) is 7.53. The van der Waals surface area contributed by atoms with Gasteiger partial charge < -0.3 is 18.9 Å². The van der Waals surface area contributed by atoms with Crippen molar-refractivity contribution in [2.75, 3.05) is 27.8 Å². The average molecular weight is 290 g/mol. The minimum atomic E-state index is 0.0641. The van der Waals surface area contributed by atoms with Gasteiger partial charge in [0.2, 0.25) is 0 Å². The normalized spacial score (nSPS) is 13.2. The van der Waals surface area contributed by atoms with Gasteiger partial charge in [-0.3, -0.25) is 4.79 Å². The molecule has 0 radical (unpaired) electrons. The molecule has 0 spiro atoms. The smallest absolute Gasteiger partial charge is 0.188 e. The Labute approximate surface area is 124 Å². The molecule has 0 saturated heterocycles. The van der Waals surface area contributed by atoms with Gasteiger partial charge in [0.05, 0.1) is 11.1 Å². The summed E-state index contributed by atoms with van der Waals surface area (Å²) >= 11 is 0. The molecular weight excluding hydrogens is 272 g/mol. The van der Waals surface area contributed by atoms with Gasteiger partial charge in [-0.15, -0.1) is 0 Å². The van der Waals surface area contributed by atoms with Crippen molar-refractivity contribution in [3.8, 4) is 23.3 Å². The first kappa shape index (κ1) is 15.4. The minimum Gasteiger partial charge on any atom is -0.467 e. The molecule has 1 fully saturated rings. The number of carbonyl (C=O) groups excluding carboxylic acids is 1. The SMILES string of the molecule is COCOc1ccc(OCOC)c(C=O)c1C#CC1CC1. The van der Waals surface area contributed by atoms with E-state index >= 15 is 0 Å². The molecule has 0 N–H and O–H groups in total. The molecule has 0 heterocycles. The molecule has 5 nitrogen and oxygen atoms in total. The number of rotatable bonds is 7. The van der Waals surface area contributed by atoms with Crippen LogP contribution in [0.5, 0.6) is 11.5 Å². The number of carbonyl (C=O) groups is 1. The van der Waals surface area contributed by atoms with Gasteiger partial charge in [0.15, 0.2) is 19.9 Å². The lowest BCUT2D eigenvalue weighted by molar-refractivity contribution is 0.0477. The van der Waals surface area contributed by atoms with E-state index in [0.717, 1.165) is 19.1 Å². The van der Waals surface area contributed by atoms with Crippen molar-refractivity contribution in [3.05, 3.63) is 23.3 Å². The maximum atomic E-state index is 11.4. The van der Waals surface area contributed by atoms with E-state index in [1.807, 2.05) is 0 Å². The summed E-state index contributed by atoms with van der Waals surface area (Å²) in [7, 11) is 3.05. The Kier molecular flexibility index (Phi) is 5.61. The van der Waals surface area contributed by atoms with Gasteiger partial charge in [-0.1, -0.05) is 11.8 Å². The second kappa shape index (κ2) is 7.67. The highest BCUT2D eigenvalue weighted by molar-refractivity contribution is 5.85. The lowest BCUT2D eigenvalue weighted by Gasteiger charge is -2.13. The van der Waals surface area contributed by atoms with Gasteiger partial charge in [-0.2, -0.15) is 0 Å². The summed E-state index contributed by atoms with van der Waals surface area (Å²) in [4.78, 5) is 11.4. The predicted octanol–water partition coefficient (Wildman–Crippen LogP) is 2.23. The van der Waals surface area contributed by atoms with Crippen LogP contribution in [0.2, 0.25) is 0 Å². The van der Waals surface area contributed by atoms with E-state index in [2.05, 4.69) is 11.8 Å². The van der Waals surface area contributed by atoms with Gasteiger partial charge in [0, 0.05) is 20.1 Å². The molecule has 5 heteroatoms. The maximum Gasteiger partial charge on any atom is 0.188 e. The molecule has 0 aromatic heterocycles. The van der Waals surface area contributed by atoms with E-state index in [1.165, 1.54) is 14.2 Å². The fraction of sp³-hybridized carbons (Fsp3) is 0.438. The fourth-order valence-electron chi connectivity index (χ4n) is 1.72. The summed E-state index contributed by atoms with van der Waals surface area (Å²) in [5, 5.41) is 0.